The van der Waals surface area contributed by atoms with Crippen molar-refractivity contribution >= 4 is 45.7 Å². The van der Waals surface area contributed by atoms with Crippen molar-refractivity contribution in [1.29, 1.82) is 0 Å². The summed E-state index contributed by atoms with van der Waals surface area (Å²) in [6, 6.07) is 9.99. The third kappa shape index (κ3) is 7.65. The highest BCUT2D eigenvalue weighted by Gasteiger charge is 2.42. The average Bonchev–Trinajstić information content (AvgIpc) is 3.57. The molecule has 0 aliphatic carbocycles. The quantitative estimate of drug-likeness (QED) is 0.284. The highest BCUT2D eigenvalue weighted by molar-refractivity contribution is 5.97. The van der Waals surface area contributed by atoms with Crippen molar-refractivity contribution in [3.63, 3.8) is 0 Å². The van der Waals surface area contributed by atoms with Gasteiger partial charge in [0.25, 0.3) is 0 Å². The number of likely N-dealkylation sites (N-methyl/N-ethyl adjacent to an activating group) is 1. The van der Waals surface area contributed by atoms with Gasteiger partial charge in [-0.3, -0.25) is 14.4 Å². The van der Waals surface area contributed by atoms with Crippen LogP contribution in [0.15, 0.2) is 42.7 Å². The number of methoxy groups -OCH3 is 1. The molecular formula is C35H47N7O5. The number of likely N-dealkylation sites (tertiary alicyclic amines) is 1. The zero-order valence-electron chi connectivity index (χ0n) is 28.3. The summed E-state index contributed by atoms with van der Waals surface area (Å²) in [6.07, 6.45) is 2.84. The van der Waals surface area contributed by atoms with Gasteiger partial charge in [0, 0.05) is 43.1 Å². The molecule has 2 aliphatic rings. The first-order valence-electron chi connectivity index (χ1n) is 16.3. The molecule has 5 rings (SSSR count). The lowest BCUT2D eigenvalue weighted by molar-refractivity contribution is -0.143. The molecule has 252 valence electrons. The van der Waals surface area contributed by atoms with E-state index >= 15 is 0 Å². The minimum atomic E-state index is -0.777. The lowest BCUT2D eigenvalue weighted by Gasteiger charge is -2.36. The van der Waals surface area contributed by atoms with Crippen molar-refractivity contribution in [1.82, 2.24) is 25.5 Å². The van der Waals surface area contributed by atoms with Gasteiger partial charge in [0.15, 0.2) is 5.78 Å². The van der Waals surface area contributed by atoms with Crippen LogP contribution in [0.1, 0.15) is 46.1 Å². The summed E-state index contributed by atoms with van der Waals surface area (Å²) in [5, 5.41) is 10.1. The van der Waals surface area contributed by atoms with Crippen LogP contribution in [0.2, 0.25) is 0 Å². The number of aromatic nitrogens is 2. The van der Waals surface area contributed by atoms with Crippen molar-refractivity contribution < 1.29 is 23.9 Å². The van der Waals surface area contributed by atoms with E-state index in [0.717, 1.165) is 29.9 Å². The number of fused-ring (bicyclic) bond motifs is 1. The monoisotopic (exact) mass is 645 g/mol. The fourth-order valence-electron chi connectivity index (χ4n) is 6.23. The maximum absolute atomic E-state index is 14.0. The van der Waals surface area contributed by atoms with Crippen LogP contribution in [0, 0.1) is 5.41 Å². The first kappa shape index (κ1) is 34.1. The van der Waals surface area contributed by atoms with Gasteiger partial charge in [-0.15, -0.1) is 0 Å². The average molecular weight is 646 g/mol. The summed E-state index contributed by atoms with van der Waals surface area (Å²) in [5.74, 6) is 0.572. The molecule has 47 heavy (non-hydrogen) atoms. The van der Waals surface area contributed by atoms with Crippen LogP contribution in [0.25, 0.3) is 10.9 Å². The Morgan fingerprint density at radius 1 is 1.09 bits per heavy atom. The van der Waals surface area contributed by atoms with Crippen LogP contribution < -0.4 is 25.6 Å². The van der Waals surface area contributed by atoms with E-state index in [1.54, 1.807) is 26.0 Å². The summed E-state index contributed by atoms with van der Waals surface area (Å²) in [5.41, 5.74) is 2.78. The fraction of sp³-hybridized carbons (Fsp3) is 0.514. The number of hydrogen-bond donors (Lipinski definition) is 3. The second-order valence-electron chi connectivity index (χ2n) is 13.3. The Morgan fingerprint density at radius 3 is 2.53 bits per heavy atom. The Labute approximate surface area is 276 Å². The van der Waals surface area contributed by atoms with Gasteiger partial charge in [-0.2, -0.15) is 0 Å². The molecular weight excluding hydrogens is 598 g/mol. The molecule has 2 amide bonds. The van der Waals surface area contributed by atoms with E-state index in [2.05, 4.69) is 36.9 Å². The standard InChI is InChI=1S/C35H47N7O5/c1-22(36-5)33(44)40-31(35(2,3)4)34(45)42-13-9-12-28(42)29(43)19-23-18-24-26(20-30(23)46-6)37-21-38-32(24)39-25-10-7-8-11-27(25)41-14-16-47-17-15-41/h7-8,10-11,18,20-22,28,31,36H,9,12-17,19H2,1-6H3,(H,40,44)(H,37,38,39)/t22-,28-,31+/m0/s1. The Balaban J connectivity index is 1.40. The minimum absolute atomic E-state index is 0.0651. The molecule has 0 saturated carbocycles. The van der Waals surface area contributed by atoms with E-state index < -0.39 is 23.5 Å². The maximum atomic E-state index is 14.0. The second-order valence-corrected chi connectivity index (χ2v) is 13.3. The third-order valence-corrected chi connectivity index (χ3v) is 9.04. The fourth-order valence-corrected chi connectivity index (χ4v) is 6.23. The number of ether oxygens (including phenoxy) is 2. The number of para-hydroxylation sites is 2. The van der Waals surface area contributed by atoms with Crippen LogP contribution >= 0.6 is 0 Å². The van der Waals surface area contributed by atoms with Gasteiger partial charge < -0.3 is 35.2 Å². The van der Waals surface area contributed by atoms with Crippen molar-refractivity contribution in [3.8, 4) is 5.75 Å². The Bertz CT molecular complexity index is 1600. The van der Waals surface area contributed by atoms with E-state index in [0.29, 0.717) is 55.2 Å². The number of anilines is 3. The molecule has 2 aliphatic heterocycles. The molecule has 3 aromatic rings. The van der Waals surface area contributed by atoms with Crippen LogP contribution in [0.3, 0.4) is 0 Å². The summed E-state index contributed by atoms with van der Waals surface area (Å²) in [7, 11) is 3.27. The van der Waals surface area contributed by atoms with Crippen molar-refractivity contribution in [2.24, 2.45) is 5.41 Å². The van der Waals surface area contributed by atoms with E-state index in [4.69, 9.17) is 9.47 Å². The lowest BCUT2D eigenvalue weighted by atomic mass is 9.85. The number of benzene rings is 2. The molecule has 1 aromatic heterocycles. The Hall–Kier alpha value is -4.29. The summed E-state index contributed by atoms with van der Waals surface area (Å²) in [4.78, 5) is 53.7. The summed E-state index contributed by atoms with van der Waals surface area (Å²) in [6.45, 7) is 10.9. The smallest absolute Gasteiger partial charge is 0.246 e. The maximum Gasteiger partial charge on any atom is 0.246 e. The number of rotatable bonds is 11. The zero-order chi connectivity index (χ0) is 33.7. The molecule has 0 spiro atoms. The topological polar surface area (TPSA) is 138 Å². The molecule has 12 heteroatoms. The third-order valence-electron chi connectivity index (χ3n) is 9.04. The van der Waals surface area contributed by atoms with E-state index in [1.165, 1.54) is 6.33 Å². The second kappa shape index (κ2) is 14.6. The van der Waals surface area contributed by atoms with Gasteiger partial charge in [-0.1, -0.05) is 32.9 Å². The first-order valence-corrected chi connectivity index (χ1v) is 16.3. The number of hydrogen-bond acceptors (Lipinski definition) is 10. The van der Waals surface area contributed by atoms with Crippen LogP contribution in [-0.4, -0.2) is 97.6 Å². The number of nitrogens with zero attached hydrogens (tertiary/aromatic N) is 4. The molecule has 2 saturated heterocycles. The predicted octanol–water partition coefficient (Wildman–Crippen LogP) is 3.46. The van der Waals surface area contributed by atoms with E-state index in [-0.39, 0.29) is 24.0 Å². The lowest BCUT2D eigenvalue weighted by Crippen LogP contribution is -2.58. The summed E-state index contributed by atoms with van der Waals surface area (Å²) >= 11 is 0. The molecule has 3 N–H and O–H groups in total. The normalized spacial score (nSPS) is 18.1. The van der Waals surface area contributed by atoms with Crippen LogP contribution in [0.4, 0.5) is 17.2 Å². The number of ketones is 1. The zero-order valence-corrected chi connectivity index (χ0v) is 28.3. The molecule has 0 unspecified atom stereocenters. The number of Topliss-reactive ketones (excluding diaryl/α,β-unsaturated/α-hetero) is 1. The Morgan fingerprint density at radius 2 is 1.83 bits per heavy atom. The van der Waals surface area contributed by atoms with Crippen molar-refractivity contribution in [2.75, 3.05) is 57.2 Å². The number of amides is 2. The van der Waals surface area contributed by atoms with Gasteiger partial charge in [-0.25, -0.2) is 9.97 Å². The minimum Gasteiger partial charge on any atom is -0.496 e. The van der Waals surface area contributed by atoms with Gasteiger partial charge in [-0.05, 0) is 50.4 Å². The van der Waals surface area contributed by atoms with Gasteiger partial charge in [0.05, 0.1) is 49.3 Å². The molecule has 3 atom stereocenters. The number of carbonyl (C=O) groups excluding carboxylic acids is 3. The van der Waals surface area contributed by atoms with E-state index in [1.807, 2.05) is 51.1 Å². The molecule has 0 radical (unpaired) electrons. The van der Waals surface area contributed by atoms with Crippen molar-refractivity contribution in [2.45, 2.75) is 65.1 Å². The number of carbonyl (C=O) groups is 3. The van der Waals surface area contributed by atoms with Gasteiger partial charge in [0.2, 0.25) is 11.8 Å². The van der Waals surface area contributed by atoms with Gasteiger partial charge in [0.1, 0.15) is 23.9 Å². The number of nitrogens with one attached hydrogen (secondary N) is 3. The first-order chi connectivity index (χ1) is 22.5. The molecule has 2 aromatic carbocycles. The predicted molar refractivity (Wildman–Crippen MR) is 182 cm³/mol. The largest absolute Gasteiger partial charge is 0.496 e. The number of morpholine rings is 1. The van der Waals surface area contributed by atoms with Gasteiger partial charge >= 0.3 is 0 Å². The highest BCUT2D eigenvalue weighted by atomic mass is 16.5. The molecule has 3 heterocycles. The molecule has 2 fully saturated rings. The SMILES string of the molecule is CN[C@@H](C)C(=O)N[C@H](C(=O)N1CCC[C@H]1C(=O)Cc1cc2c(Nc3ccccc3N3CCOCC3)ncnc2cc1OC)C(C)(C)C. The molecule has 12 nitrogen and oxygen atoms in total. The van der Waals surface area contributed by atoms with E-state index in [9.17, 15) is 14.4 Å². The van der Waals surface area contributed by atoms with Crippen LogP contribution in [0.5, 0.6) is 5.75 Å². The van der Waals surface area contributed by atoms with Crippen molar-refractivity contribution in [3.05, 3.63) is 48.3 Å². The van der Waals surface area contributed by atoms with Crippen LogP contribution in [-0.2, 0) is 25.5 Å². The summed E-state index contributed by atoms with van der Waals surface area (Å²) < 4.78 is 11.3. The molecule has 0 bridgehead atoms. The Kier molecular flexibility index (Phi) is 10.6. The highest BCUT2D eigenvalue weighted by Crippen LogP contribution is 2.34.